The highest BCUT2D eigenvalue weighted by Gasteiger charge is 2.19. The first-order valence-corrected chi connectivity index (χ1v) is 30.5. The first-order valence-electron chi connectivity index (χ1n) is 26.1. The Hall–Kier alpha value is -7.17. The zero-order valence-electron chi connectivity index (χ0n) is 47.8. The molecule has 0 saturated carbocycles. The molecule has 0 saturated heterocycles. The summed E-state index contributed by atoms with van der Waals surface area (Å²) in [5.74, 6) is -0.348. The maximum Gasteiger partial charge on any atom is 0.488 e. The Labute approximate surface area is 553 Å². The van der Waals surface area contributed by atoms with Crippen molar-refractivity contribution in [3.05, 3.63) is 220 Å². The fraction of sp³-hybridized carbons (Fsp3) is 0.161. The van der Waals surface area contributed by atoms with Crippen molar-refractivity contribution in [1.82, 2.24) is 39.7 Å². The van der Waals surface area contributed by atoms with Crippen molar-refractivity contribution in [2.24, 2.45) is 0 Å². The molecule has 11 rings (SSSR count). The van der Waals surface area contributed by atoms with Crippen LogP contribution in [0.4, 0.5) is 0 Å². The first-order chi connectivity index (χ1) is 41.9. The standard InChI is InChI=1S/C22H18ClN3O3.C16H12ClIN2O2.C9H7ClN2O2.C7H6BrI.C6H8BNO3.C2H6/c1-28-20-10-16(7-8-24-20)15-5-3-14(4-6-15)13-26-21-17(12-25-26)9-18(23)11-19(21)22(27)29-2;1-22-16(21)14-7-12(17)6-11-8-19-20(15(11)14)9-10-2-4-13(18)5-3-10;1-14-9(13)7-3-6(10)2-5-4-11-12-8(5)7;8-5-6-1-3-7(9)4-2-6;1-11-6-4-5(7(9)10)2-3-8-6;1-2/h3-12H,13H2,1-2H3;2-8H,9H2,1H3;2-4H,1H3,(H,11,12);1-4H,5H2;2-4,9-10H,1H3;1-2H3. The number of H-pyrrole nitrogens is 1. The van der Waals surface area contributed by atoms with Crippen LogP contribution in [0.5, 0.6) is 11.8 Å². The van der Waals surface area contributed by atoms with E-state index in [0.29, 0.717) is 73.1 Å². The number of hydrogen-bond donors (Lipinski definition) is 3. The molecule has 0 amide bonds. The lowest BCUT2D eigenvalue weighted by Crippen LogP contribution is -2.29. The quantitative estimate of drug-likeness (QED) is 0.0340. The number of fused-ring (bicyclic) bond motifs is 3. The molecule has 0 spiro atoms. The summed E-state index contributed by atoms with van der Waals surface area (Å²) in [5, 5.41) is 37.6. The predicted octanol–water partition coefficient (Wildman–Crippen LogP) is 13.7. The maximum atomic E-state index is 12.2. The van der Waals surface area contributed by atoms with E-state index in [-0.39, 0.29) is 0 Å². The Morgan fingerprint density at radius 3 is 1.43 bits per heavy atom. The van der Waals surface area contributed by atoms with Crippen LogP contribution in [0.25, 0.3) is 43.8 Å². The molecule has 11 aromatic rings. The van der Waals surface area contributed by atoms with Gasteiger partial charge in [-0.1, -0.05) is 113 Å². The molecule has 25 heteroatoms. The molecular formula is C62H57BBrCl3I2N8O10. The SMILES string of the molecule is BrCc1ccc(I)cc1.CC.COC(=O)c1cc(Cl)cc2cn[nH]c12.COC(=O)c1cc(Cl)cc2cnn(Cc3ccc(-c4ccnc(OC)c4)cc3)c12.COC(=O)c1cc(Cl)cc2cnn(Cc3ccc(I)cc3)c12.COc1cc(B(O)O)ccn1. The summed E-state index contributed by atoms with van der Waals surface area (Å²) in [6.45, 7) is 5.08. The molecule has 6 aromatic carbocycles. The number of aromatic nitrogens is 8. The van der Waals surface area contributed by atoms with Crippen LogP contribution in [0.15, 0.2) is 164 Å². The summed E-state index contributed by atoms with van der Waals surface area (Å²) >= 11 is 26.0. The summed E-state index contributed by atoms with van der Waals surface area (Å²) < 4.78 is 30.4. The summed E-state index contributed by atoms with van der Waals surface area (Å²) in [6, 6.07) is 41.6. The van der Waals surface area contributed by atoms with Gasteiger partial charge in [0.1, 0.15) is 0 Å². The Kier molecular flexibility index (Phi) is 27.3. The maximum absolute atomic E-state index is 12.2. The molecular weight excluding hydrogens is 1470 g/mol. The van der Waals surface area contributed by atoms with Crippen LogP contribution in [-0.2, 0) is 32.6 Å². The van der Waals surface area contributed by atoms with Gasteiger partial charge in [-0.2, -0.15) is 15.3 Å². The van der Waals surface area contributed by atoms with Crippen LogP contribution in [0, 0.1) is 7.14 Å². The van der Waals surface area contributed by atoms with E-state index in [4.69, 9.17) is 63.8 Å². The normalized spacial score (nSPS) is 10.3. The molecule has 0 aliphatic rings. The lowest BCUT2D eigenvalue weighted by Gasteiger charge is -2.09. The number of rotatable bonds is 12. The molecule has 0 radical (unpaired) electrons. The summed E-state index contributed by atoms with van der Waals surface area (Å²) in [7, 11) is 5.63. The van der Waals surface area contributed by atoms with Gasteiger partial charge in [0.25, 0.3) is 0 Å². The molecule has 0 fully saturated rings. The monoisotopic (exact) mass is 1520 g/mol. The number of benzene rings is 6. The summed E-state index contributed by atoms with van der Waals surface area (Å²) in [6.07, 6.45) is 8.18. The van der Waals surface area contributed by atoms with Crippen molar-refractivity contribution in [3.8, 4) is 22.9 Å². The van der Waals surface area contributed by atoms with E-state index in [1.165, 1.54) is 59.5 Å². The number of ether oxygens (including phenoxy) is 5. The van der Waals surface area contributed by atoms with Gasteiger partial charge in [0, 0.05) is 68.2 Å². The topological polar surface area (TPSA) is 228 Å². The van der Waals surface area contributed by atoms with Crippen LogP contribution in [0.2, 0.25) is 15.1 Å². The zero-order chi connectivity index (χ0) is 63.2. The zero-order valence-corrected chi connectivity index (χ0v) is 56.0. The van der Waals surface area contributed by atoms with E-state index in [0.717, 1.165) is 49.3 Å². The average Bonchev–Trinajstić information content (AvgIpc) is 3.40. The van der Waals surface area contributed by atoms with Gasteiger partial charge in [0.2, 0.25) is 11.8 Å². The van der Waals surface area contributed by atoms with Gasteiger partial charge < -0.3 is 33.7 Å². The van der Waals surface area contributed by atoms with Crippen molar-refractivity contribution in [3.63, 3.8) is 0 Å². The van der Waals surface area contributed by atoms with Gasteiger partial charge in [-0.15, -0.1) is 0 Å². The number of hydrogen-bond acceptors (Lipinski definition) is 15. The highest BCUT2D eigenvalue weighted by Crippen LogP contribution is 2.29. The van der Waals surface area contributed by atoms with Gasteiger partial charge in [-0.3, -0.25) is 14.5 Å². The van der Waals surface area contributed by atoms with Crippen molar-refractivity contribution in [1.29, 1.82) is 0 Å². The summed E-state index contributed by atoms with van der Waals surface area (Å²) in [5.41, 5.74) is 9.22. The largest absolute Gasteiger partial charge is 0.488 e. The third kappa shape index (κ3) is 19.4. The number of aromatic amines is 1. The van der Waals surface area contributed by atoms with Gasteiger partial charge >= 0.3 is 25.0 Å². The van der Waals surface area contributed by atoms with Crippen molar-refractivity contribution < 1.29 is 48.1 Å². The van der Waals surface area contributed by atoms with Crippen LogP contribution in [0.1, 0.15) is 61.6 Å². The predicted molar refractivity (Wildman–Crippen MR) is 362 cm³/mol. The number of nitrogens with zero attached hydrogens (tertiary/aromatic N) is 7. The third-order valence-electron chi connectivity index (χ3n) is 12.3. The minimum Gasteiger partial charge on any atom is -0.481 e. The van der Waals surface area contributed by atoms with Gasteiger partial charge in [0.05, 0.1) is 100 Å². The second kappa shape index (κ2) is 34.4. The van der Waals surface area contributed by atoms with Crippen LogP contribution < -0.4 is 14.9 Å². The van der Waals surface area contributed by atoms with Crippen LogP contribution in [-0.4, -0.2) is 110 Å². The number of methoxy groups -OCH3 is 5. The number of nitrogens with one attached hydrogen (secondary N) is 1. The van der Waals surface area contributed by atoms with Gasteiger partial charge in [-0.05, 0) is 151 Å². The molecule has 450 valence electrons. The minimum absolute atomic E-state index is 0.371. The number of carbonyl (C=O) groups excluding carboxylic acids is 3. The molecule has 0 aliphatic heterocycles. The Bertz CT molecular complexity index is 4070. The molecule has 0 bridgehead atoms. The molecule has 3 N–H and O–H groups in total. The van der Waals surface area contributed by atoms with E-state index >= 15 is 0 Å². The van der Waals surface area contributed by atoms with Crippen molar-refractivity contribution in [2.75, 3.05) is 35.5 Å². The average molecular weight is 1530 g/mol. The van der Waals surface area contributed by atoms with Crippen molar-refractivity contribution in [2.45, 2.75) is 32.3 Å². The number of pyridine rings is 2. The van der Waals surface area contributed by atoms with Gasteiger partial charge in [0.15, 0.2) is 0 Å². The smallest absolute Gasteiger partial charge is 0.481 e. The fourth-order valence-corrected chi connectivity index (χ4v) is 9.94. The molecule has 5 aromatic heterocycles. The van der Waals surface area contributed by atoms with Crippen LogP contribution >= 0.6 is 95.9 Å². The second-order valence-electron chi connectivity index (χ2n) is 17.8. The number of halogens is 6. The lowest BCUT2D eigenvalue weighted by atomic mass is 9.81. The van der Waals surface area contributed by atoms with E-state index in [2.05, 4.69) is 120 Å². The molecule has 0 atom stereocenters. The van der Waals surface area contributed by atoms with E-state index in [1.807, 2.05) is 74.5 Å². The van der Waals surface area contributed by atoms with Gasteiger partial charge in [-0.25, -0.2) is 24.4 Å². The van der Waals surface area contributed by atoms with E-state index in [9.17, 15) is 14.4 Å². The Balaban J connectivity index is 0.000000184. The fourth-order valence-electron chi connectivity index (χ4n) is 8.16. The molecule has 18 nitrogen and oxygen atoms in total. The minimum atomic E-state index is -1.47. The Morgan fingerprint density at radius 1 is 0.540 bits per heavy atom. The second-order valence-corrected chi connectivity index (χ2v) is 22.2. The highest BCUT2D eigenvalue weighted by molar-refractivity contribution is 14.1. The Morgan fingerprint density at radius 2 is 0.966 bits per heavy atom. The molecule has 87 heavy (non-hydrogen) atoms. The van der Waals surface area contributed by atoms with Crippen molar-refractivity contribution >= 4 is 159 Å². The highest BCUT2D eigenvalue weighted by atomic mass is 127. The summed E-state index contributed by atoms with van der Waals surface area (Å²) in [4.78, 5) is 43.5. The first kappa shape index (κ1) is 68.9. The molecule has 5 heterocycles. The number of carbonyl (C=O) groups is 3. The van der Waals surface area contributed by atoms with E-state index < -0.39 is 25.0 Å². The third-order valence-corrected chi connectivity index (χ3v) is 15.0. The molecule has 0 unspecified atom stereocenters. The lowest BCUT2D eigenvalue weighted by molar-refractivity contribution is 0.0593. The molecule has 0 aliphatic carbocycles. The van der Waals surface area contributed by atoms with E-state index in [1.54, 1.807) is 77.7 Å². The number of esters is 3. The number of alkyl halides is 1. The van der Waals surface area contributed by atoms with Crippen LogP contribution in [0.3, 0.4) is 0 Å².